The van der Waals surface area contributed by atoms with Crippen LogP contribution in [0, 0.1) is 18.7 Å². The summed E-state index contributed by atoms with van der Waals surface area (Å²) in [6.07, 6.45) is 0. The number of benzene rings is 3. The van der Waals surface area contributed by atoms with Gasteiger partial charge in [0.25, 0.3) is 11.8 Å². The minimum atomic E-state index is -0.900. The largest absolute Gasteiger partial charge is 0.425 e. The Balaban J connectivity index is 1.65. The zero-order valence-electron chi connectivity index (χ0n) is 19.5. The van der Waals surface area contributed by atoms with Crippen molar-refractivity contribution in [3.05, 3.63) is 95.3 Å². The van der Waals surface area contributed by atoms with Gasteiger partial charge in [-0.2, -0.15) is 0 Å². The molecule has 0 aliphatic carbocycles. The van der Waals surface area contributed by atoms with E-state index in [1.807, 2.05) is 19.1 Å². The lowest BCUT2D eigenvalue weighted by atomic mass is 10.0. The summed E-state index contributed by atoms with van der Waals surface area (Å²) >= 11 is 0. The standard InChI is InChI=1S/C27H27FN2O4/c1-17(2)24(29-25(31)19-9-11-21(28)12-10-19)27(33)34-23-15-13-22(14-16-23)30(4)26(32)20-7-5-18(3)6-8-20/h5-17,24H,1-4H3,(H,29,31)/t24-/m0/s1. The molecule has 0 bridgehead atoms. The van der Waals surface area contributed by atoms with Crippen molar-refractivity contribution < 1.29 is 23.5 Å². The van der Waals surface area contributed by atoms with Crippen LogP contribution in [-0.4, -0.2) is 30.9 Å². The molecule has 0 saturated carbocycles. The molecule has 1 N–H and O–H groups in total. The predicted molar refractivity (Wildman–Crippen MR) is 128 cm³/mol. The summed E-state index contributed by atoms with van der Waals surface area (Å²) in [5.74, 6) is -1.69. The van der Waals surface area contributed by atoms with E-state index in [0.29, 0.717) is 11.3 Å². The van der Waals surface area contributed by atoms with Crippen LogP contribution in [0.3, 0.4) is 0 Å². The molecule has 0 radical (unpaired) electrons. The van der Waals surface area contributed by atoms with Crippen LogP contribution in [0.5, 0.6) is 5.75 Å². The van der Waals surface area contributed by atoms with Gasteiger partial charge in [0, 0.05) is 23.9 Å². The van der Waals surface area contributed by atoms with E-state index in [1.54, 1.807) is 57.3 Å². The number of carbonyl (C=O) groups excluding carboxylic acids is 3. The van der Waals surface area contributed by atoms with Crippen LogP contribution in [0.2, 0.25) is 0 Å². The Kier molecular flexibility index (Phi) is 7.79. The fourth-order valence-corrected chi connectivity index (χ4v) is 3.25. The topological polar surface area (TPSA) is 75.7 Å². The molecule has 0 aliphatic heterocycles. The summed E-state index contributed by atoms with van der Waals surface area (Å²) in [6, 6.07) is 18.0. The fraction of sp³-hybridized carbons (Fsp3) is 0.222. The fourth-order valence-electron chi connectivity index (χ4n) is 3.25. The Hall–Kier alpha value is -4.00. The first kappa shape index (κ1) is 24.6. The van der Waals surface area contributed by atoms with Crippen molar-refractivity contribution >= 4 is 23.5 Å². The van der Waals surface area contributed by atoms with Gasteiger partial charge in [0.15, 0.2) is 0 Å². The second-order valence-electron chi connectivity index (χ2n) is 8.35. The first-order valence-corrected chi connectivity index (χ1v) is 10.9. The van der Waals surface area contributed by atoms with Crippen molar-refractivity contribution in [2.75, 3.05) is 11.9 Å². The minimum absolute atomic E-state index is 0.159. The molecule has 0 fully saturated rings. The summed E-state index contributed by atoms with van der Waals surface area (Å²) < 4.78 is 18.6. The molecule has 2 amide bonds. The molecule has 0 spiro atoms. The summed E-state index contributed by atoms with van der Waals surface area (Å²) in [6.45, 7) is 5.52. The lowest BCUT2D eigenvalue weighted by molar-refractivity contribution is -0.137. The Morgan fingerprint density at radius 3 is 1.97 bits per heavy atom. The maximum atomic E-state index is 13.1. The van der Waals surface area contributed by atoms with Gasteiger partial charge in [0.05, 0.1) is 0 Å². The number of carbonyl (C=O) groups is 3. The van der Waals surface area contributed by atoms with Crippen LogP contribution in [0.15, 0.2) is 72.8 Å². The maximum absolute atomic E-state index is 13.1. The van der Waals surface area contributed by atoms with Crippen LogP contribution in [0.1, 0.15) is 40.1 Å². The van der Waals surface area contributed by atoms with Gasteiger partial charge in [-0.1, -0.05) is 31.5 Å². The van der Waals surface area contributed by atoms with E-state index in [-0.39, 0.29) is 23.1 Å². The number of amides is 2. The number of anilines is 1. The van der Waals surface area contributed by atoms with E-state index in [1.165, 1.54) is 29.2 Å². The number of hydrogen-bond acceptors (Lipinski definition) is 4. The highest BCUT2D eigenvalue weighted by molar-refractivity contribution is 6.05. The third kappa shape index (κ3) is 6.07. The SMILES string of the molecule is Cc1ccc(C(=O)N(C)c2ccc(OC(=O)[C@@H](NC(=O)c3ccc(F)cc3)C(C)C)cc2)cc1. The molecule has 176 valence electrons. The quantitative estimate of drug-likeness (QED) is 0.405. The molecule has 0 aromatic heterocycles. The Morgan fingerprint density at radius 2 is 1.41 bits per heavy atom. The molecule has 6 nitrogen and oxygen atoms in total. The third-order valence-corrected chi connectivity index (χ3v) is 5.36. The van der Waals surface area contributed by atoms with Gasteiger partial charge >= 0.3 is 5.97 Å². The van der Waals surface area contributed by atoms with Gasteiger partial charge < -0.3 is 15.0 Å². The van der Waals surface area contributed by atoms with Crippen molar-refractivity contribution in [1.29, 1.82) is 0 Å². The molecule has 0 saturated heterocycles. The summed E-state index contributed by atoms with van der Waals surface area (Å²) in [7, 11) is 1.67. The van der Waals surface area contributed by atoms with Crippen molar-refractivity contribution in [1.82, 2.24) is 5.32 Å². The van der Waals surface area contributed by atoms with Crippen molar-refractivity contribution in [2.45, 2.75) is 26.8 Å². The molecule has 0 heterocycles. The van der Waals surface area contributed by atoms with Gasteiger partial charge in [-0.25, -0.2) is 9.18 Å². The number of hydrogen-bond donors (Lipinski definition) is 1. The molecule has 3 rings (SSSR count). The van der Waals surface area contributed by atoms with Crippen LogP contribution in [0.4, 0.5) is 10.1 Å². The van der Waals surface area contributed by atoms with Crippen LogP contribution < -0.4 is 15.0 Å². The molecule has 34 heavy (non-hydrogen) atoms. The van der Waals surface area contributed by atoms with Crippen LogP contribution >= 0.6 is 0 Å². The molecule has 7 heteroatoms. The number of aryl methyl sites for hydroxylation is 1. The zero-order valence-corrected chi connectivity index (χ0v) is 19.5. The summed E-state index contributed by atoms with van der Waals surface area (Å²) in [4.78, 5) is 39.4. The Labute approximate surface area is 198 Å². The molecule has 0 aliphatic rings. The van der Waals surface area contributed by atoms with Crippen LogP contribution in [0.25, 0.3) is 0 Å². The highest BCUT2D eigenvalue weighted by Crippen LogP contribution is 2.21. The van der Waals surface area contributed by atoms with E-state index in [0.717, 1.165) is 5.56 Å². The van der Waals surface area contributed by atoms with Crippen LogP contribution in [-0.2, 0) is 4.79 Å². The van der Waals surface area contributed by atoms with E-state index in [4.69, 9.17) is 4.74 Å². The summed E-state index contributed by atoms with van der Waals surface area (Å²) in [5.41, 5.74) is 2.51. The molecule has 0 unspecified atom stereocenters. The number of rotatable bonds is 7. The lowest BCUT2D eigenvalue weighted by Gasteiger charge is -2.21. The molecule has 3 aromatic rings. The number of halogens is 1. The van der Waals surface area contributed by atoms with E-state index in [9.17, 15) is 18.8 Å². The normalized spacial score (nSPS) is 11.6. The second kappa shape index (κ2) is 10.7. The van der Waals surface area contributed by atoms with Gasteiger partial charge in [-0.05, 0) is 73.5 Å². The van der Waals surface area contributed by atoms with Crippen molar-refractivity contribution in [3.8, 4) is 5.75 Å². The van der Waals surface area contributed by atoms with Gasteiger partial charge in [-0.3, -0.25) is 9.59 Å². The Bertz CT molecular complexity index is 1160. The minimum Gasteiger partial charge on any atom is -0.425 e. The third-order valence-electron chi connectivity index (χ3n) is 5.36. The van der Waals surface area contributed by atoms with Gasteiger partial charge in [0.2, 0.25) is 0 Å². The van der Waals surface area contributed by atoms with Crippen molar-refractivity contribution in [3.63, 3.8) is 0 Å². The maximum Gasteiger partial charge on any atom is 0.334 e. The predicted octanol–water partition coefficient (Wildman–Crippen LogP) is 4.77. The molecule has 1 atom stereocenters. The molecule has 3 aromatic carbocycles. The molecular formula is C27H27FN2O4. The number of ether oxygens (including phenoxy) is 1. The monoisotopic (exact) mass is 462 g/mol. The second-order valence-corrected chi connectivity index (χ2v) is 8.35. The first-order valence-electron chi connectivity index (χ1n) is 10.9. The average Bonchev–Trinajstić information content (AvgIpc) is 2.82. The van der Waals surface area contributed by atoms with E-state index >= 15 is 0 Å². The Morgan fingerprint density at radius 1 is 0.853 bits per heavy atom. The average molecular weight is 463 g/mol. The zero-order chi connectivity index (χ0) is 24.8. The van der Waals surface area contributed by atoms with Crippen molar-refractivity contribution in [2.24, 2.45) is 5.92 Å². The number of esters is 1. The first-order chi connectivity index (χ1) is 16.2. The van der Waals surface area contributed by atoms with E-state index in [2.05, 4.69) is 5.32 Å². The highest BCUT2D eigenvalue weighted by Gasteiger charge is 2.27. The molecular weight excluding hydrogens is 435 g/mol. The summed E-state index contributed by atoms with van der Waals surface area (Å²) in [5, 5.41) is 2.65. The van der Waals surface area contributed by atoms with Gasteiger partial charge in [-0.15, -0.1) is 0 Å². The van der Waals surface area contributed by atoms with E-state index < -0.39 is 23.7 Å². The lowest BCUT2D eigenvalue weighted by Crippen LogP contribution is -2.46. The number of nitrogens with one attached hydrogen (secondary N) is 1. The van der Waals surface area contributed by atoms with Gasteiger partial charge in [0.1, 0.15) is 17.6 Å². The smallest absolute Gasteiger partial charge is 0.334 e. The number of nitrogens with zero attached hydrogens (tertiary/aromatic N) is 1. The highest BCUT2D eigenvalue weighted by atomic mass is 19.1.